The average molecular weight is 613 g/mol. The molecule has 0 aliphatic carbocycles. The molecule has 0 amide bonds. The summed E-state index contributed by atoms with van der Waals surface area (Å²) in [5.74, 6) is 1.57. The van der Waals surface area contributed by atoms with Crippen LogP contribution in [-0.2, 0) is 21.6 Å². The maximum Gasteiger partial charge on any atom is 0.307 e. The van der Waals surface area contributed by atoms with Crippen LogP contribution in [0.15, 0.2) is 65.1 Å². The highest BCUT2D eigenvalue weighted by Crippen LogP contribution is 2.47. The number of hydrogen-bond donors (Lipinski definition) is 0. The fraction of sp³-hybridized carbons (Fsp3) is 0.406. The Labute approximate surface area is 244 Å². The minimum absolute atomic E-state index is 0.0281. The zero-order chi connectivity index (χ0) is 27.6. The van der Waals surface area contributed by atoms with E-state index in [0.29, 0.717) is 24.7 Å². The van der Waals surface area contributed by atoms with E-state index >= 15 is 0 Å². The van der Waals surface area contributed by atoms with Gasteiger partial charge in [-0.15, -0.1) is 0 Å². The molecule has 0 saturated carbocycles. The molecule has 1 spiro atoms. The van der Waals surface area contributed by atoms with Crippen molar-refractivity contribution in [3.05, 3.63) is 81.3 Å². The topological polar surface area (TPSA) is 48.0 Å². The quantitative estimate of drug-likeness (QED) is 0.255. The molecule has 5 rings (SSSR count). The zero-order valence-electron chi connectivity index (χ0n) is 22.8. The molecule has 2 aliphatic heterocycles. The lowest BCUT2D eigenvalue weighted by atomic mass is 9.74. The van der Waals surface area contributed by atoms with Crippen LogP contribution in [0.5, 0.6) is 11.5 Å². The number of rotatable bonds is 7. The molecule has 2 heterocycles. The van der Waals surface area contributed by atoms with Crippen LogP contribution >= 0.6 is 27.5 Å². The number of nitrogens with zero attached hydrogens (tertiary/aromatic N) is 1. The van der Waals surface area contributed by atoms with Crippen molar-refractivity contribution in [2.45, 2.75) is 57.7 Å². The van der Waals surface area contributed by atoms with Crippen LogP contribution in [0.25, 0.3) is 11.1 Å². The van der Waals surface area contributed by atoms with Crippen LogP contribution in [0.1, 0.15) is 51.2 Å². The number of fused-ring (bicyclic) bond motifs is 2. The molecule has 3 aromatic rings. The molecule has 3 aromatic carbocycles. The highest BCUT2D eigenvalue weighted by atomic mass is 79.9. The first-order chi connectivity index (χ1) is 18.6. The van der Waals surface area contributed by atoms with E-state index in [-0.39, 0.29) is 11.4 Å². The van der Waals surface area contributed by atoms with E-state index in [0.717, 1.165) is 65.1 Å². The first-order valence-corrected chi connectivity index (χ1v) is 14.7. The number of esters is 1. The van der Waals surface area contributed by atoms with E-state index < -0.39 is 5.60 Å². The van der Waals surface area contributed by atoms with Gasteiger partial charge in [-0.25, -0.2) is 0 Å². The molecular formula is C32H35BrClNO4. The van der Waals surface area contributed by atoms with Gasteiger partial charge in [0.05, 0.1) is 13.0 Å². The summed E-state index contributed by atoms with van der Waals surface area (Å²) in [5, 5.41) is 0.706. The van der Waals surface area contributed by atoms with Crippen LogP contribution in [0.4, 0.5) is 0 Å². The second-order valence-corrected chi connectivity index (χ2v) is 12.8. The summed E-state index contributed by atoms with van der Waals surface area (Å²) in [6.45, 7) is 9.45. The summed E-state index contributed by atoms with van der Waals surface area (Å²) in [7, 11) is 0. The van der Waals surface area contributed by atoms with E-state index in [1.54, 1.807) is 0 Å². The van der Waals surface area contributed by atoms with Crippen molar-refractivity contribution in [2.75, 3.05) is 26.2 Å². The Morgan fingerprint density at radius 1 is 1.05 bits per heavy atom. The largest absolute Gasteiger partial charge is 0.492 e. The van der Waals surface area contributed by atoms with E-state index in [1.807, 2.05) is 57.2 Å². The summed E-state index contributed by atoms with van der Waals surface area (Å²) in [6.07, 6.45) is 2.44. The predicted molar refractivity (Wildman–Crippen MR) is 159 cm³/mol. The third kappa shape index (κ3) is 6.62. The fourth-order valence-electron chi connectivity index (χ4n) is 5.48. The molecule has 0 N–H and O–H groups in total. The SMILES string of the molecule is CC(C)(C)OC(=O)CCN1CCC2(CC1)COc1cc(OCc3ccccc3-c3cc(Br)ccc3Cl)ccc12. The van der Waals surface area contributed by atoms with Crippen LogP contribution in [0.2, 0.25) is 5.02 Å². The number of halogens is 2. The molecule has 1 fully saturated rings. The molecule has 1 saturated heterocycles. The van der Waals surface area contributed by atoms with Crippen molar-refractivity contribution >= 4 is 33.5 Å². The molecule has 0 atom stereocenters. The molecule has 7 heteroatoms. The summed E-state index contributed by atoms with van der Waals surface area (Å²) < 4.78 is 18.9. The lowest BCUT2D eigenvalue weighted by Gasteiger charge is -2.38. The lowest BCUT2D eigenvalue weighted by molar-refractivity contribution is -0.155. The molecule has 206 valence electrons. The second-order valence-electron chi connectivity index (χ2n) is 11.5. The summed E-state index contributed by atoms with van der Waals surface area (Å²) in [4.78, 5) is 14.5. The van der Waals surface area contributed by atoms with Gasteiger partial charge in [-0.05, 0) is 82.1 Å². The number of ether oxygens (including phenoxy) is 3. The van der Waals surface area contributed by atoms with Gasteiger partial charge in [-0.3, -0.25) is 4.79 Å². The van der Waals surface area contributed by atoms with Gasteiger partial charge in [-0.2, -0.15) is 0 Å². The van der Waals surface area contributed by atoms with Crippen molar-refractivity contribution in [2.24, 2.45) is 0 Å². The smallest absolute Gasteiger partial charge is 0.307 e. The number of likely N-dealkylation sites (tertiary alicyclic amines) is 1. The monoisotopic (exact) mass is 611 g/mol. The van der Waals surface area contributed by atoms with Crippen LogP contribution in [-0.4, -0.2) is 42.7 Å². The second kappa shape index (κ2) is 11.5. The number of carbonyl (C=O) groups is 1. The summed E-state index contributed by atoms with van der Waals surface area (Å²) in [5.41, 5.74) is 3.95. The first-order valence-electron chi connectivity index (χ1n) is 13.5. The third-order valence-electron chi connectivity index (χ3n) is 7.52. The Hall–Kier alpha value is -2.54. The normalized spacial score (nSPS) is 16.5. The first kappa shape index (κ1) is 28.0. The molecule has 0 bridgehead atoms. The minimum atomic E-state index is -0.438. The summed E-state index contributed by atoms with van der Waals surface area (Å²) in [6, 6.07) is 20.3. The Morgan fingerprint density at radius 3 is 2.59 bits per heavy atom. The van der Waals surface area contributed by atoms with E-state index in [9.17, 15) is 4.79 Å². The van der Waals surface area contributed by atoms with Gasteiger partial charge < -0.3 is 19.1 Å². The molecule has 5 nitrogen and oxygen atoms in total. The predicted octanol–water partition coefficient (Wildman–Crippen LogP) is 7.81. The summed E-state index contributed by atoms with van der Waals surface area (Å²) >= 11 is 10.1. The maximum absolute atomic E-state index is 12.1. The van der Waals surface area contributed by atoms with E-state index in [2.05, 4.69) is 45.1 Å². The molecule has 2 aliphatic rings. The van der Waals surface area contributed by atoms with Gasteiger partial charge in [0.25, 0.3) is 0 Å². The average Bonchev–Trinajstić information content (AvgIpc) is 3.25. The standard InChI is InChI=1S/C32H35BrClNO4/c1-31(2,3)39-30(36)12-15-35-16-13-32(14-17-35)21-38-29-19-24(9-10-27(29)32)37-20-22-6-4-5-7-25(22)26-18-23(33)8-11-28(26)34/h4-11,18-19H,12-17,20-21H2,1-3H3. The zero-order valence-corrected chi connectivity index (χ0v) is 25.1. The number of hydrogen-bond acceptors (Lipinski definition) is 5. The van der Waals surface area contributed by atoms with Gasteiger partial charge >= 0.3 is 5.97 Å². The van der Waals surface area contributed by atoms with Crippen molar-refractivity contribution in [3.8, 4) is 22.6 Å². The Bertz CT molecular complexity index is 1340. The van der Waals surface area contributed by atoms with Gasteiger partial charge in [0, 0.05) is 38.6 Å². The van der Waals surface area contributed by atoms with Crippen LogP contribution in [0, 0.1) is 0 Å². The number of carbonyl (C=O) groups excluding carboxylic acids is 1. The van der Waals surface area contributed by atoms with Crippen molar-refractivity contribution < 1.29 is 19.0 Å². The number of benzene rings is 3. The van der Waals surface area contributed by atoms with Crippen molar-refractivity contribution in [1.29, 1.82) is 0 Å². The van der Waals surface area contributed by atoms with Gasteiger partial charge in [0.1, 0.15) is 23.7 Å². The Kier molecular flexibility index (Phi) is 8.27. The van der Waals surface area contributed by atoms with Gasteiger partial charge in [-0.1, -0.05) is 57.9 Å². The van der Waals surface area contributed by atoms with Gasteiger partial charge in [0.15, 0.2) is 0 Å². The van der Waals surface area contributed by atoms with Crippen LogP contribution < -0.4 is 9.47 Å². The molecule has 39 heavy (non-hydrogen) atoms. The molecule has 0 unspecified atom stereocenters. The lowest BCUT2D eigenvalue weighted by Crippen LogP contribution is -2.44. The highest BCUT2D eigenvalue weighted by molar-refractivity contribution is 9.10. The Balaban J connectivity index is 1.21. The fourth-order valence-corrected chi connectivity index (χ4v) is 6.06. The van der Waals surface area contributed by atoms with Crippen molar-refractivity contribution in [1.82, 2.24) is 4.90 Å². The minimum Gasteiger partial charge on any atom is -0.492 e. The van der Waals surface area contributed by atoms with Gasteiger partial charge in [0.2, 0.25) is 0 Å². The molecular weight excluding hydrogens is 578 g/mol. The van der Waals surface area contributed by atoms with Crippen LogP contribution in [0.3, 0.4) is 0 Å². The molecule has 0 radical (unpaired) electrons. The highest BCUT2D eigenvalue weighted by Gasteiger charge is 2.43. The number of piperidine rings is 1. The third-order valence-corrected chi connectivity index (χ3v) is 8.35. The van der Waals surface area contributed by atoms with E-state index in [1.165, 1.54) is 5.56 Å². The van der Waals surface area contributed by atoms with E-state index in [4.69, 9.17) is 25.8 Å². The van der Waals surface area contributed by atoms with Crippen molar-refractivity contribution in [3.63, 3.8) is 0 Å². The molecule has 0 aromatic heterocycles. The Morgan fingerprint density at radius 2 is 1.82 bits per heavy atom. The maximum atomic E-state index is 12.1.